The fourth-order valence-electron chi connectivity index (χ4n) is 6.73. The van der Waals surface area contributed by atoms with E-state index in [0.717, 1.165) is 38.2 Å². The van der Waals surface area contributed by atoms with Crippen molar-refractivity contribution in [3.05, 3.63) is 36.7 Å². The Kier molecular flexibility index (Phi) is 4.98. The van der Waals surface area contributed by atoms with Crippen molar-refractivity contribution in [1.29, 1.82) is 0 Å². The largest absolute Gasteiger partial charge is 0.493 e. The Bertz CT molecular complexity index is 748. The van der Waals surface area contributed by atoms with E-state index in [1.54, 1.807) is 12.4 Å². The van der Waals surface area contributed by atoms with E-state index >= 15 is 0 Å². The molecule has 2 heterocycles. The topological polar surface area (TPSA) is 40.6 Å². The van der Waals surface area contributed by atoms with Crippen molar-refractivity contribution in [3.8, 4) is 5.75 Å². The van der Waals surface area contributed by atoms with Crippen LogP contribution in [0.1, 0.15) is 58.8 Å². The molecular weight excluding hydrogens is 362 g/mol. The Morgan fingerprint density at radius 2 is 1.93 bits per heavy atom. The van der Waals surface area contributed by atoms with Crippen LogP contribution in [0.25, 0.3) is 0 Å². The summed E-state index contributed by atoms with van der Waals surface area (Å²) in [6.45, 7) is 11.0. The van der Waals surface area contributed by atoms with Gasteiger partial charge in [0.2, 0.25) is 0 Å². The highest BCUT2D eigenvalue weighted by molar-refractivity contribution is 5.19. The average molecular weight is 398 g/mol. The van der Waals surface area contributed by atoms with Crippen LogP contribution in [0.15, 0.2) is 36.7 Å². The Labute approximate surface area is 175 Å². The fourth-order valence-corrected chi connectivity index (χ4v) is 6.73. The zero-order chi connectivity index (χ0) is 20.1. The number of hydrogen-bond donors (Lipinski definition) is 0. The van der Waals surface area contributed by atoms with Gasteiger partial charge in [-0.3, -0.25) is 4.98 Å². The maximum atomic E-state index is 6.54. The van der Waals surface area contributed by atoms with E-state index in [9.17, 15) is 0 Å². The second kappa shape index (κ2) is 7.39. The van der Waals surface area contributed by atoms with Gasteiger partial charge in [0, 0.05) is 23.7 Å². The van der Waals surface area contributed by atoms with Gasteiger partial charge in [0.05, 0.1) is 19.3 Å². The zero-order valence-electron chi connectivity index (χ0n) is 17.9. The van der Waals surface area contributed by atoms with Crippen LogP contribution in [-0.2, 0) is 9.47 Å². The number of fused-ring (bicyclic) bond motifs is 3. The molecule has 1 unspecified atom stereocenters. The number of ether oxygens (including phenoxy) is 3. The van der Waals surface area contributed by atoms with Crippen molar-refractivity contribution in [2.75, 3.05) is 13.2 Å². The second-order valence-corrected chi connectivity index (χ2v) is 10.3. The fraction of sp³-hybridized carbons (Fsp3) is 0.720. The zero-order valence-corrected chi connectivity index (χ0v) is 17.9. The SMILES string of the molecule is C=C1CCC2[C@]3(C)CO[C@@H](C4CC4)O[C@@H]3CC[C@@]2(C)[C@@H]1CCOc1ccncc1. The van der Waals surface area contributed by atoms with Gasteiger partial charge in [-0.2, -0.15) is 0 Å². The first-order valence-electron chi connectivity index (χ1n) is 11.5. The first kappa shape index (κ1) is 19.6. The molecule has 0 spiro atoms. The molecule has 0 aromatic carbocycles. The standard InChI is InChI=1S/C25H35NO3/c1-17-4-7-21-24(2,20(17)11-15-27-19-9-13-26-14-10-19)12-8-22-25(21,3)16-28-23(29-22)18-5-6-18/h9-10,13-14,18,20-23H,1,4-8,11-12,15-16H2,2-3H3/t20-,21?,22-,23-,24+,25+/m1/s1. The summed E-state index contributed by atoms with van der Waals surface area (Å²) >= 11 is 0. The second-order valence-electron chi connectivity index (χ2n) is 10.3. The van der Waals surface area contributed by atoms with E-state index in [0.29, 0.717) is 23.9 Å². The molecule has 3 saturated carbocycles. The molecule has 4 nitrogen and oxygen atoms in total. The molecule has 0 amide bonds. The van der Waals surface area contributed by atoms with Gasteiger partial charge in [0.1, 0.15) is 5.75 Å². The molecule has 5 rings (SSSR count). The van der Waals surface area contributed by atoms with E-state index in [1.165, 1.54) is 31.3 Å². The lowest BCUT2D eigenvalue weighted by Crippen LogP contribution is -2.61. The van der Waals surface area contributed by atoms with Crippen molar-refractivity contribution in [2.45, 2.75) is 71.2 Å². The molecule has 1 aromatic heterocycles. The Balaban J connectivity index is 1.30. The summed E-state index contributed by atoms with van der Waals surface area (Å²) < 4.78 is 18.9. The van der Waals surface area contributed by atoms with Crippen LogP contribution < -0.4 is 4.74 Å². The predicted molar refractivity (Wildman–Crippen MR) is 112 cm³/mol. The quantitative estimate of drug-likeness (QED) is 0.625. The smallest absolute Gasteiger partial charge is 0.160 e. The summed E-state index contributed by atoms with van der Waals surface area (Å²) in [5, 5.41) is 0. The molecule has 4 aliphatic rings. The highest BCUT2D eigenvalue weighted by Crippen LogP contribution is 2.63. The molecule has 1 saturated heterocycles. The van der Waals surface area contributed by atoms with Crippen LogP contribution >= 0.6 is 0 Å². The maximum Gasteiger partial charge on any atom is 0.160 e. The van der Waals surface area contributed by atoms with E-state index in [2.05, 4.69) is 25.4 Å². The highest BCUT2D eigenvalue weighted by Gasteiger charge is 2.60. The summed E-state index contributed by atoms with van der Waals surface area (Å²) in [6, 6.07) is 3.86. The van der Waals surface area contributed by atoms with Crippen molar-refractivity contribution >= 4 is 0 Å². The number of rotatable bonds is 5. The van der Waals surface area contributed by atoms with Crippen LogP contribution in [-0.4, -0.2) is 30.6 Å². The Morgan fingerprint density at radius 1 is 1.14 bits per heavy atom. The predicted octanol–water partition coefficient (Wildman–Crippen LogP) is 5.39. The van der Waals surface area contributed by atoms with E-state index in [4.69, 9.17) is 14.2 Å². The van der Waals surface area contributed by atoms with Crippen LogP contribution in [0, 0.1) is 28.6 Å². The monoisotopic (exact) mass is 397 g/mol. The van der Waals surface area contributed by atoms with Crippen molar-refractivity contribution in [2.24, 2.45) is 28.6 Å². The van der Waals surface area contributed by atoms with Gasteiger partial charge in [0.15, 0.2) is 6.29 Å². The lowest BCUT2D eigenvalue weighted by molar-refractivity contribution is -0.308. The summed E-state index contributed by atoms with van der Waals surface area (Å²) in [7, 11) is 0. The molecule has 6 atom stereocenters. The van der Waals surface area contributed by atoms with Crippen LogP contribution in [0.5, 0.6) is 5.75 Å². The third-order valence-electron chi connectivity index (χ3n) is 8.50. The van der Waals surface area contributed by atoms with Crippen molar-refractivity contribution in [3.63, 3.8) is 0 Å². The van der Waals surface area contributed by atoms with Gasteiger partial charge in [-0.1, -0.05) is 26.0 Å². The minimum Gasteiger partial charge on any atom is -0.493 e. The number of pyridine rings is 1. The van der Waals surface area contributed by atoms with E-state index in [-0.39, 0.29) is 17.1 Å². The lowest BCUT2D eigenvalue weighted by Gasteiger charge is -2.62. The van der Waals surface area contributed by atoms with Crippen LogP contribution in [0.3, 0.4) is 0 Å². The normalized spacial score (nSPS) is 42.1. The molecule has 0 bridgehead atoms. The first-order valence-corrected chi connectivity index (χ1v) is 11.5. The van der Waals surface area contributed by atoms with Crippen LogP contribution in [0.2, 0.25) is 0 Å². The number of allylic oxidation sites excluding steroid dienone is 1. The van der Waals surface area contributed by atoms with Gasteiger partial charge >= 0.3 is 0 Å². The van der Waals surface area contributed by atoms with Crippen molar-refractivity contribution < 1.29 is 14.2 Å². The number of hydrogen-bond acceptors (Lipinski definition) is 4. The van der Waals surface area contributed by atoms with Gasteiger partial charge < -0.3 is 14.2 Å². The molecule has 0 radical (unpaired) electrons. The summed E-state index contributed by atoms with van der Waals surface area (Å²) in [6.07, 6.45) is 12.2. The Hall–Kier alpha value is -1.39. The number of aromatic nitrogens is 1. The molecule has 3 aliphatic carbocycles. The van der Waals surface area contributed by atoms with Crippen molar-refractivity contribution in [1.82, 2.24) is 4.98 Å². The van der Waals surface area contributed by atoms with Gasteiger partial charge in [-0.25, -0.2) is 0 Å². The molecule has 1 aliphatic heterocycles. The van der Waals surface area contributed by atoms with Crippen LogP contribution in [0.4, 0.5) is 0 Å². The third kappa shape index (κ3) is 3.42. The lowest BCUT2D eigenvalue weighted by atomic mass is 9.46. The van der Waals surface area contributed by atoms with Gasteiger partial charge in [0.25, 0.3) is 0 Å². The minimum absolute atomic E-state index is 0.0561. The van der Waals surface area contributed by atoms with Gasteiger partial charge in [-0.15, -0.1) is 0 Å². The molecular formula is C25H35NO3. The third-order valence-corrected chi connectivity index (χ3v) is 8.50. The summed E-state index contributed by atoms with van der Waals surface area (Å²) in [4.78, 5) is 4.07. The first-order chi connectivity index (χ1) is 14.0. The summed E-state index contributed by atoms with van der Waals surface area (Å²) in [5.41, 5.74) is 1.78. The molecule has 0 N–H and O–H groups in total. The molecule has 158 valence electrons. The molecule has 4 heteroatoms. The maximum absolute atomic E-state index is 6.54. The van der Waals surface area contributed by atoms with Gasteiger partial charge in [-0.05, 0) is 74.3 Å². The van der Waals surface area contributed by atoms with E-state index in [1.807, 2.05) is 12.1 Å². The molecule has 29 heavy (non-hydrogen) atoms. The minimum atomic E-state index is 0.0561. The molecule has 4 fully saturated rings. The highest BCUT2D eigenvalue weighted by atomic mass is 16.7. The molecule has 1 aromatic rings. The summed E-state index contributed by atoms with van der Waals surface area (Å²) in [5.74, 6) is 2.67. The number of nitrogens with zero attached hydrogens (tertiary/aromatic N) is 1. The Morgan fingerprint density at radius 3 is 2.69 bits per heavy atom. The average Bonchev–Trinajstić information content (AvgIpc) is 3.55. The van der Waals surface area contributed by atoms with E-state index < -0.39 is 0 Å².